The second kappa shape index (κ2) is 11.4. The molecule has 0 saturated carbocycles. The Kier molecular flexibility index (Phi) is 8.15. The van der Waals surface area contributed by atoms with E-state index < -0.39 is 53.6 Å². The van der Waals surface area contributed by atoms with Crippen molar-refractivity contribution in [1.29, 1.82) is 5.26 Å². The summed E-state index contributed by atoms with van der Waals surface area (Å²) in [6, 6.07) is 7.01. The summed E-state index contributed by atoms with van der Waals surface area (Å²) < 4.78 is 80.7. The lowest BCUT2D eigenvalue weighted by molar-refractivity contribution is -0.145. The van der Waals surface area contributed by atoms with Gasteiger partial charge in [0.15, 0.2) is 5.82 Å². The summed E-state index contributed by atoms with van der Waals surface area (Å²) in [6.45, 7) is 0.493. The summed E-state index contributed by atoms with van der Waals surface area (Å²) in [5.41, 5.74) is -2.00. The van der Waals surface area contributed by atoms with E-state index in [0.29, 0.717) is 15.5 Å². The van der Waals surface area contributed by atoms with Gasteiger partial charge in [0.2, 0.25) is 0 Å². The van der Waals surface area contributed by atoms with Crippen LogP contribution < -0.4 is 10.6 Å². The van der Waals surface area contributed by atoms with E-state index in [-0.39, 0.29) is 34.1 Å². The van der Waals surface area contributed by atoms with Crippen LogP contribution in [0.15, 0.2) is 36.5 Å². The Morgan fingerprint density at radius 3 is 2.45 bits per heavy atom. The number of alkyl halides is 6. The number of aromatic nitrogens is 7. The number of amides is 2. The molecule has 0 spiro atoms. The molecule has 0 aliphatic carbocycles. The van der Waals surface area contributed by atoms with Crippen LogP contribution in [-0.4, -0.2) is 53.3 Å². The van der Waals surface area contributed by atoms with E-state index in [2.05, 4.69) is 36.1 Å². The number of hydrogen-bond acceptors (Lipinski definition) is 8. The number of nitriles is 1. The highest BCUT2D eigenvalue weighted by molar-refractivity contribution is 6.31. The van der Waals surface area contributed by atoms with Gasteiger partial charge in [0.25, 0.3) is 17.6 Å². The molecule has 12 nitrogen and oxygen atoms in total. The maximum atomic E-state index is 13.8. The molecule has 0 atom stereocenters. The molecule has 42 heavy (non-hydrogen) atoms. The first kappa shape index (κ1) is 29.9. The van der Waals surface area contributed by atoms with Gasteiger partial charge in [0, 0.05) is 11.2 Å². The Hall–Kier alpha value is -5.05. The Morgan fingerprint density at radius 1 is 1.07 bits per heavy atom. The zero-order valence-corrected chi connectivity index (χ0v) is 21.7. The van der Waals surface area contributed by atoms with Gasteiger partial charge < -0.3 is 10.6 Å². The molecule has 19 heteroatoms. The third-order valence-corrected chi connectivity index (χ3v) is 5.62. The van der Waals surface area contributed by atoms with E-state index >= 15 is 0 Å². The van der Waals surface area contributed by atoms with Crippen molar-refractivity contribution in [2.45, 2.75) is 25.8 Å². The number of anilines is 1. The first-order valence-electron chi connectivity index (χ1n) is 11.4. The molecule has 0 aliphatic heterocycles. The van der Waals surface area contributed by atoms with Crippen LogP contribution in [0, 0.1) is 18.3 Å². The van der Waals surface area contributed by atoms with Gasteiger partial charge in [-0.2, -0.15) is 41.5 Å². The van der Waals surface area contributed by atoms with Crippen molar-refractivity contribution in [2.24, 2.45) is 0 Å². The Balaban J connectivity index is 1.80. The van der Waals surface area contributed by atoms with Gasteiger partial charge >= 0.3 is 12.4 Å². The number of carbonyl (C=O) groups is 2. The van der Waals surface area contributed by atoms with Crippen LogP contribution in [0.5, 0.6) is 0 Å². The molecule has 4 aromatic rings. The van der Waals surface area contributed by atoms with E-state index in [0.717, 1.165) is 18.3 Å². The van der Waals surface area contributed by atoms with Crippen molar-refractivity contribution in [3.63, 3.8) is 0 Å². The van der Waals surface area contributed by atoms with Crippen LogP contribution >= 0.6 is 11.6 Å². The normalized spacial score (nSPS) is 11.7. The minimum Gasteiger partial charge on any atom is -0.339 e. The molecular weight excluding hydrogens is 598 g/mol. The average molecular weight is 613 g/mol. The first-order valence-corrected chi connectivity index (χ1v) is 11.8. The monoisotopic (exact) mass is 612 g/mol. The van der Waals surface area contributed by atoms with Gasteiger partial charge in [-0.1, -0.05) is 11.6 Å². The number of rotatable bonds is 7. The lowest BCUT2D eigenvalue weighted by Gasteiger charge is -2.16. The number of benzene rings is 1. The minimum atomic E-state index is -4.93. The quantitative estimate of drug-likeness (QED) is 0.236. The molecule has 1 aromatic carbocycles. The number of nitrogens with zero attached hydrogens (tertiary/aromatic N) is 8. The zero-order chi connectivity index (χ0) is 30.8. The van der Waals surface area contributed by atoms with E-state index in [1.54, 1.807) is 6.07 Å². The van der Waals surface area contributed by atoms with Crippen molar-refractivity contribution >= 4 is 29.1 Å². The van der Waals surface area contributed by atoms with Crippen LogP contribution in [0.4, 0.5) is 32.0 Å². The summed E-state index contributed by atoms with van der Waals surface area (Å²) in [5, 5.41) is 26.9. The third-order valence-electron chi connectivity index (χ3n) is 5.41. The maximum Gasteiger partial charge on any atom is 0.455 e. The molecule has 0 unspecified atom stereocenters. The summed E-state index contributed by atoms with van der Waals surface area (Å²) in [5.74, 6) is -4.24. The van der Waals surface area contributed by atoms with Gasteiger partial charge in [0.1, 0.15) is 24.3 Å². The number of nitrogens with one attached hydrogen (secondary N) is 2. The number of aryl methyl sites for hydroxylation is 1. The van der Waals surface area contributed by atoms with E-state index in [1.807, 2.05) is 0 Å². The molecule has 3 aromatic heterocycles. The number of carbonyl (C=O) groups excluding carboxylic acids is 2. The highest BCUT2D eigenvalue weighted by Crippen LogP contribution is 2.33. The molecule has 0 radical (unpaired) electrons. The lowest BCUT2D eigenvalue weighted by atomic mass is 10.1. The van der Waals surface area contributed by atoms with Gasteiger partial charge in [-0.05, 0) is 48.0 Å². The highest BCUT2D eigenvalue weighted by atomic mass is 35.5. The van der Waals surface area contributed by atoms with E-state index in [1.165, 1.54) is 19.1 Å². The van der Waals surface area contributed by atoms with Gasteiger partial charge in [0.05, 0.1) is 23.0 Å². The van der Waals surface area contributed by atoms with Crippen LogP contribution in [0.25, 0.3) is 5.82 Å². The van der Waals surface area contributed by atoms with Crippen molar-refractivity contribution in [3.8, 4) is 11.9 Å². The smallest absolute Gasteiger partial charge is 0.339 e. The predicted octanol–water partition coefficient (Wildman–Crippen LogP) is 3.81. The van der Waals surface area contributed by atoms with Crippen LogP contribution in [0.1, 0.15) is 43.5 Å². The standard InChI is InChI=1S/C23H15ClF6N10O2/c1-11-7-12(24)8-14(19(41)33-6-4-31)17(11)34-20(42)16-9-13(10-39-37-21(35-38-39)23(28,29)30)36-40(16)18-15(22(25,26)27)3-2-5-32-18/h2-3,5,7-9H,6,10H2,1H3,(H,33,41)(H,34,42). The summed E-state index contributed by atoms with van der Waals surface area (Å²) in [7, 11) is 0. The zero-order valence-electron chi connectivity index (χ0n) is 20.9. The number of hydrogen-bond donors (Lipinski definition) is 2. The first-order chi connectivity index (χ1) is 19.7. The van der Waals surface area contributed by atoms with Crippen LogP contribution in [0.3, 0.4) is 0 Å². The van der Waals surface area contributed by atoms with E-state index in [9.17, 15) is 35.9 Å². The average Bonchev–Trinajstić information content (AvgIpc) is 3.56. The fourth-order valence-corrected chi connectivity index (χ4v) is 3.94. The minimum absolute atomic E-state index is 0.0843. The molecule has 3 heterocycles. The van der Waals surface area contributed by atoms with Crippen molar-refractivity contribution < 1.29 is 35.9 Å². The Bertz CT molecular complexity index is 1710. The number of pyridine rings is 1. The molecule has 0 saturated heterocycles. The molecule has 2 N–H and O–H groups in total. The molecule has 0 bridgehead atoms. The second-order valence-corrected chi connectivity index (χ2v) is 8.82. The SMILES string of the molecule is Cc1cc(Cl)cc(C(=O)NCC#N)c1NC(=O)c1cc(Cn2nnc(C(F)(F)F)n2)nn1-c1ncccc1C(F)(F)F. The van der Waals surface area contributed by atoms with Gasteiger partial charge in [-0.15, -0.1) is 10.2 Å². The van der Waals surface area contributed by atoms with Crippen molar-refractivity contribution in [1.82, 2.24) is 40.3 Å². The molecule has 2 amide bonds. The summed E-state index contributed by atoms with van der Waals surface area (Å²) >= 11 is 6.05. The molecular formula is C23H15ClF6N10O2. The fraction of sp³-hybridized carbons (Fsp3) is 0.217. The van der Waals surface area contributed by atoms with Crippen LogP contribution in [0.2, 0.25) is 5.02 Å². The maximum absolute atomic E-state index is 13.8. The second-order valence-electron chi connectivity index (χ2n) is 8.39. The third kappa shape index (κ3) is 6.46. The van der Waals surface area contributed by atoms with E-state index in [4.69, 9.17) is 16.9 Å². The lowest BCUT2D eigenvalue weighted by Crippen LogP contribution is -2.26. The largest absolute Gasteiger partial charge is 0.455 e. The predicted molar refractivity (Wildman–Crippen MR) is 130 cm³/mol. The number of tetrazole rings is 1. The highest BCUT2D eigenvalue weighted by Gasteiger charge is 2.38. The molecule has 218 valence electrons. The Labute approximate surface area is 235 Å². The van der Waals surface area contributed by atoms with Crippen molar-refractivity contribution in [2.75, 3.05) is 11.9 Å². The van der Waals surface area contributed by atoms with Gasteiger partial charge in [-0.3, -0.25) is 9.59 Å². The summed E-state index contributed by atoms with van der Waals surface area (Å²) in [6.07, 6.45) is -8.83. The molecule has 0 fully saturated rings. The summed E-state index contributed by atoms with van der Waals surface area (Å²) in [4.78, 5) is 30.3. The molecule has 4 rings (SSSR count). The van der Waals surface area contributed by atoms with Crippen molar-refractivity contribution in [3.05, 3.63) is 75.5 Å². The fourth-order valence-electron chi connectivity index (χ4n) is 3.67. The topological polar surface area (TPSA) is 156 Å². The molecule has 0 aliphatic rings. The Morgan fingerprint density at radius 2 is 1.81 bits per heavy atom. The van der Waals surface area contributed by atoms with Crippen LogP contribution in [-0.2, 0) is 18.9 Å². The van der Waals surface area contributed by atoms with Gasteiger partial charge in [-0.25, -0.2) is 9.67 Å². The number of halogens is 7.